The Bertz CT molecular complexity index is 126. The van der Waals surface area contributed by atoms with E-state index in [0.717, 1.165) is 10.2 Å². The summed E-state index contributed by atoms with van der Waals surface area (Å²) >= 11 is 5.01. The van der Waals surface area contributed by atoms with Gasteiger partial charge in [-0.2, -0.15) is 0 Å². The summed E-state index contributed by atoms with van der Waals surface area (Å²) in [6, 6.07) is 0. The van der Waals surface area contributed by atoms with E-state index < -0.39 is 6.09 Å². The quantitative estimate of drug-likeness (QED) is 0.690. The van der Waals surface area contributed by atoms with E-state index in [-0.39, 0.29) is 4.77 Å². The van der Waals surface area contributed by atoms with E-state index in [2.05, 4.69) is 0 Å². The zero-order chi connectivity index (χ0) is 7.40. The van der Waals surface area contributed by atoms with Crippen molar-refractivity contribution in [2.24, 2.45) is 5.73 Å². The monoisotopic (exact) mass is 197 g/mol. The minimum atomic E-state index is -0.683. The molecule has 0 aromatic heterocycles. The first-order valence-corrected chi connectivity index (χ1v) is 5.81. The maximum atomic E-state index is 10.2. The largest absolute Gasteiger partial charge is 0.425 e. The minimum absolute atomic E-state index is 0.0845. The smallest absolute Gasteiger partial charge is 0.406 e. The van der Waals surface area contributed by atoms with Crippen LogP contribution in [0, 0.1) is 0 Å². The predicted molar refractivity (Wildman–Crippen MR) is 47.0 cm³/mol. The molecule has 2 N–H and O–H groups in total. The summed E-state index contributed by atoms with van der Waals surface area (Å²) in [5.41, 5.74) is 4.83. The summed E-state index contributed by atoms with van der Waals surface area (Å²) in [5.74, 6) is 0. The normalized spacial score (nSPS) is 20.4. The molecule has 1 rings (SSSR count). The molecule has 0 aromatic carbocycles. The number of amides is 1. The van der Waals surface area contributed by atoms with E-state index >= 15 is 0 Å². The Morgan fingerprint density at radius 2 is 2.10 bits per heavy atom. The van der Waals surface area contributed by atoms with Gasteiger partial charge < -0.3 is 10.5 Å². The Labute approximate surface area is 71.8 Å². The third-order valence-electron chi connectivity index (χ3n) is 0.787. The molecule has 58 valence electrons. The highest BCUT2D eigenvalue weighted by molar-refractivity contribution is 8.32. The van der Waals surface area contributed by atoms with Crippen LogP contribution >= 0.6 is 35.3 Å². The zero-order valence-electron chi connectivity index (χ0n) is 5.11. The van der Waals surface area contributed by atoms with E-state index in [1.807, 2.05) is 11.8 Å². The molecule has 0 spiro atoms. The first kappa shape index (κ1) is 8.42. The fraction of sp³-hybridized carbons (Fsp3) is 0.750. The van der Waals surface area contributed by atoms with E-state index in [4.69, 9.17) is 10.5 Å². The summed E-state index contributed by atoms with van der Waals surface area (Å²) in [7, 11) is 0. The van der Waals surface area contributed by atoms with Gasteiger partial charge in [0.1, 0.15) is 0 Å². The Hall–Kier alpha value is 0.320. The van der Waals surface area contributed by atoms with Gasteiger partial charge in [0, 0.05) is 10.2 Å². The SMILES string of the molecule is NC(=O)OC1SCSCS1. The first-order valence-electron chi connectivity index (χ1n) is 2.56. The molecule has 6 heteroatoms. The van der Waals surface area contributed by atoms with Crippen molar-refractivity contribution in [3.63, 3.8) is 0 Å². The number of rotatable bonds is 1. The molecule has 1 saturated heterocycles. The first-order chi connectivity index (χ1) is 4.79. The second kappa shape index (κ2) is 4.25. The fourth-order valence-corrected chi connectivity index (χ4v) is 4.71. The van der Waals surface area contributed by atoms with E-state index in [1.165, 1.54) is 0 Å². The van der Waals surface area contributed by atoms with Gasteiger partial charge in [-0.05, 0) is 0 Å². The summed E-state index contributed by atoms with van der Waals surface area (Å²) in [6.45, 7) is 0. The third-order valence-corrected chi connectivity index (χ3v) is 4.76. The molecule has 0 unspecified atom stereocenters. The van der Waals surface area contributed by atoms with Gasteiger partial charge in [-0.1, -0.05) is 23.5 Å². The predicted octanol–water partition coefficient (Wildman–Crippen LogP) is 1.49. The van der Waals surface area contributed by atoms with Crippen molar-refractivity contribution in [2.45, 2.75) is 4.77 Å². The molecule has 0 atom stereocenters. The second-order valence-electron chi connectivity index (χ2n) is 1.50. The number of primary amides is 1. The molecule has 0 radical (unpaired) electrons. The lowest BCUT2D eigenvalue weighted by atomic mass is 11.2. The highest BCUT2D eigenvalue weighted by atomic mass is 32.3. The Morgan fingerprint density at radius 1 is 1.50 bits per heavy atom. The van der Waals surface area contributed by atoms with Crippen molar-refractivity contribution < 1.29 is 9.53 Å². The van der Waals surface area contributed by atoms with E-state index in [0.29, 0.717) is 0 Å². The van der Waals surface area contributed by atoms with Gasteiger partial charge in [-0.15, -0.1) is 11.8 Å². The van der Waals surface area contributed by atoms with Crippen LogP contribution in [0.1, 0.15) is 0 Å². The van der Waals surface area contributed by atoms with Crippen LogP contribution in [0.25, 0.3) is 0 Å². The molecule has 0 saturated carbocycles. The van der Waals surface area contributed by atoms with Crippen molar-refractivity contribution in [2.75, 3.05) is 10.2 Å². The van der Waals surface area contributed by atoms with Crippen LogP contribution in [0.4, 0.5) is 4.79 Å². The molecule has 0 aromatic rings. The number of carbonyl (C=O) groups is 1. The van der Waals surface area contributed by atoms with Crippen LogP contribution in [0.2, 0.25) is 0 Å². The van der Waals surface area contributed by atoms with Crippen molar-refractivity contribution in [3.8, 4) is 0 Å². The molecule has 1 fully saturated rings. The lowest BCUT2D eigenvalue weighted by molar-refractivity contribution is 0.169. The van der Waals surface area contributed by atoms with E-state index in [9.17, 15) is 4.79 Å². The Kier molecular flexibility index (Phi) is 3.58. The van der Waals surface area contributed by atoms with E-state index in [1.54, 1.807) is 23.5 Å². The van der Waals surface area contributed by atoms with Gasteiger partial charge in [-0.3, -0.25) is 0 Å². The summed E-state index contributed by atoms with van der Waals surface area (Å²) in [5, 5.41) is 1.95. The van der Waals surface area contributed by atoms with Crippen LogP contribution in [-0.4, -0.2) is 21.0 Å². The minimum Gasteiger partial charge on any atom is -0.425 e. The zero-order valence-corrected chi connectivity index (χ0v) is 7.56. The maximum Gasteiger partial charge on any atom is 0.406 e. The summed E-state index contributed by atoms with van der Waals surface area (Å²) in [6.07, 6.45) is -0.683. The van der Waals surface area contributed by atoms with Gasteiger partial charge in [0.15, 0.2) is 4.77 Å². The molecule has 1 aliphatic rings. The van der Waals surface area contributed by atoms with Crippen molar-refractivity contribution >= 4 is 41.4 Å². The number of ether oxygens (including phenoxy) is 1. The van der Waals surface area contributed by atoms with Crippen molar-refractivity contribution in [1.29, 1.82) is 0 Å². The number of hydrogen-bond donors (Lipinski definition) is 1. The average molecular weight is 197 g/mol. The molecule has 1 aliphatic heterocycles. The number of thioether (sulfide) groups is 3. The van der Waals surface area contributed by atoms with Crippen LogP contribution in [0.3, 0.4) is 0 Å². The highest BCUT2D eigenvalue weighted by Crippen LogP contribution is 2.36. The third kappa shape index (κ3) is 2.94. The number of hydrogen-bond acceptors (Lipinski definition) is 5. The highest BCUT2D eigenvalue weighted by Gasteiger charge is 2.16. The molecular weight excluding hydrogens is 190 g/mol. The van der Waals surface area contributed by atoms with Gasteiger partial charge in [-0.25, -0.2) is 4.79 Å². The molecule has 1 amide bonds. The lowest BCUT2D eigenvalue weighted by Gasteiger charge is -2.18. The van der Waals surface area contributed by atoms with Gasteiger partial charge >= 0.3 is 6.09 Å². The molecule has 0 bridgehead atoms. The van der Waals surface area contributed by atoms with Crippen LogP contribution in [0.15, 0.2) is 0 Å². The van der Waals surface area contributed by atoms with Crippen molar-refractivity contribution in [3.05, 3.63) is 0 Å². The van der Waals surface area contributed by atoms with Crippen molar-refractivity contribution in [1.82, 2.24) is 0 Å². The molecular formula is C4H7NO2S3. The van der Waals surface area contributed by atoms with Crippen LogP contribution < -0.4 is 5.73 Å². The number of nitrogens with two attached hydrogens (primary N) is 1. The summed E-state index contributed by atoms with van der Waals surface area (Å²) < 4.78 is 4.66. The number of carbonyl (C=O) groups excluding carboxylic acids is 1. The lowest BCUT2D eigenvalue weighted by Crippen LogP contribution is -2.19. The molecule has 3 nitrogen and oxygen atoms in total. The topological polar surface area (TPSA) is 52.3 Å². The van der Waals surface area contributed by atoms with Gasteiger partial charge in [0.25, 0.3) is 0 Å². The van der Waals surface area contributed by atoms with Gasteiger partial charge in [0.05, 0.1) is 0 Å². The Morgan fingerprint density at radius 3 is 2.60 bits per heavy atom. The average Bonchev–Trinajstić information content (AvgIpc) is 1.88. The van der Waals surface area contributed by atoms with Crippen LogP contribution in [0.5, 0.6) is 0 Å². The molecule has 0 aliphatic carbocycles. The summed E-state index contributed by atoms with van der Waals surface area (Å²) in [4.78, 5) is 10.2. The van der Waals surface area contributed by atoms with Gasteiger partial charge in [0.2, 0.25) is 0 Å². The standard InChI is InChI=1S/C4H7NO2S3/c5-3(6)7-4-9-1-8-2-10-4/h4H,1-2H2,(H2,5,6). The van der Waals surface area contributed by atoms with Crippen LogP contribution in [-0.2, 0) is 4.74 Å². The molecule has 1 heterocycles. The second-order valence-corrected chi connectivity index (χ2v) is 5.61. The fourth-order valence-electron chi connectivity index (χ4n) is 0.452. The molecule has 10 heavy (non-hydrogen) atoms. The maximum absolute atomic E-state index is 10.2. The Balaban J connectivity index is 2.19.